The third-order valence-electron chi connectivity index (χ3n) is 5.04. The van der Waals surface area contributed by atoms with Gasteiger partial charge < -0.3 is 10.1 Å². The molecule has 0 aromatic rings. The molecule has 0 radical (unpaired) electrons. The minimum atomic E-state index is -1.08. The summed E-state index contributed by atoms with van der Waals surface area (Å²) in [7, 11) is 0. The summed E-state index contributed by atoms with van der Waals surface area (Å²) in [6, 6.07) is 2.02. The Kier molecular flexibility index (Phi) is 5.80. The van der Waals surface area contributed by atoms with E-state index in [1.54, 1.807) is 20.8 Å². The fraction of sp³-hybridized carbons (Fsp3) is 0.611. The average Bonchev–Trinajstić information content (AvgIpc) is 2.85. The zero-order valence-electron chi connectivity index (χ0n) is 15.2. The molecule has 1 heterocycles. The number of carbonyl (C=O) groups is 4. The second-order valence-electron chi connectivity index (χ2n) is 7.10. The molecular weight excluding hydrogens is 338 g/mol. The Bertz CT molecular complexity index is 667. The van der Waals surface area contributed by atoms with Crippen LogP contribution in [0.4, 0.5) is 0 Å². The molecule has 1 N–H and O–H groups in total. The molecule has 0 spiro atoms. The second kappa shape index (κ2) is 7.68. The topological polar surface area (TPSA) is 117 Å². The predicted octanol–water partition coefficient (Wildman–Crippen LogP) is 0.535. The lowest BCUT2D eigenvalue weighted by atomic mass is 9.85. The van der Waals surface area contributed by atoms with Gasteiger partial charge in [0.15, 0.2) is 6.61 Å². The Labute approximate surface area is 152 Å². The highest BCUT2D eigenvalue weighted by molar-refractivity contribution is 6.07. The summed E-state index contributed by atoms with van der Waals surface area (Å²) in [6.45, 7) is 4.07. The number of fused-ring (bicyclic) bond motifs is 1. The van der Waals surface area contributed by atoms with Gasteiger partial charge in [-0.2, -0.15) is 5.26 Å². The van der Waals surface area contributed by atoms with Crippen LogP contribution < -0.4 is 5.32 Å². The molecule has 0 aromatic heterocycles. The van der Waals surface area contributed by atoms with E-state index in [1.807, 2.05) is 18.2 Å². The van der Waals surface area contributed by atoms with E-state index in [9.17, 15) is 24.4 Å². The van der Waals surface area contributed by atoms with E-state index < -0.39 is 42.4 Å². The van der Waals surface area contributed by atoms with Crippen LogP contribution in [0.25, 0.3) is 0 Å². The number of nitriles is 1. The Morgan fingerprint density at radius 3 is 2.31 bits per heavy atom. The maximum absolute atomic E-state index is 12.3. The molecule has 1 saturated heterocycles. The van der Waals surface area contributed by atoms with Gasteiger partial charge >= 0.3 is 5.97 Å². The maximum Gasteiger partial charge on any atom is 0.326 e. The Morgan fingerprint density at radius 1 is 1.31 bits per heavy atom. The van der Waals surface area contributed by atoms with Crippen LogP contribution in [0.2, 0.25) is 0 Å². The number of nitrogens with one attached hydrogen (secondary N) is 1. The van der Waals surface area contributed by atoms with Gasteiger partial charge in [0.2, 0.25) is 11.8 Å². The molecule has 8 heteroatoms. The van der Waals surface area contributed by atoms with Crippen LogP contribution >= 0.6 is 0 Å². The highest BCUT2D eigenvalue weighted by atomic mass is 16.5. The minimum Gasteiger partial charge on any atom is -0.454 e. The number of imide groups is 1. The van der Waals surface area contributed by atoms with Crippen LogP contribution in [0.3, 0.4) is 0 Å². The summed E-state index contributed by atoms with van der Waals surface area (Å²) < 4.78 is 4.86. The Hall–Kier alpha value is -2.69. The summed E-state index contributed by atoms with van der Waals surface area (Å²) >= 11 is 0. The maximum atomic E-state index is 12.3. The fourth-order valence-corrected chi connectivity index (χ4v) is 2.97. The van der Waals surface area contributed by atoms with Crippen molar-refractivity contribution in [1.82, 2.24) is 10.2 Å². The molecule has 1 aliphatic carbocycles. The Balaban J connectivity index is 1.86. The molecule has 2 rings (SSSR count). The fourth-order valence-electron chi connectivity index (χ4n) is 2.97. The van der Waals surface area contributed by atoms with E-state index in [1.165, 1.54) is 0 Å². The number of rotatable bonds is 6. The first-order chi connectivity index (χ1) is 12.2. The first kappa shape index (κ1) is 19.6. The third kappa shape index (κ3) is 3.93. The molecule has 2 aliphatic rings. The number of amides is 3. The number of nitrogens with zero attached hydrogens (tertiary/aromatic N) is 2. The smallest absolute Gasteiger partial charge is 0.326 e. The van der Waals surface area contributed by atoms with E-state index in [-0.39, 0.29) is 17.7 Å². The van der Waals surface area contributed by atoms with Crippen molar-refractivity contribution in [2.75, 3.05) is 13.2 Å². The summed E-state index contributed by atoms with van der Waals surface area (Å²) in [5.41, 5.74) is -1.08. The molecule has 1 aliphatic heterocycles. The minimum absolute atomic E-state index is 0.135. The van der Waals surface area contributed by atoms with Crippen molar-refractivity contribution in [3.8, 4) is 6.07 Å². The largest absolute Gasteiger partial charge is 0.454 e. The predicted molar refractivity (Wildman–Crippen MR) is 90.0 cm³/mol. The van der Waals surface area contributed by atoms with E-state index in [0.29, 0.717) is 12.8 Å². The van der Waals surface area contributed by atoms with Crippen LogP contribution in [0.5, 0.6) is 0 Å². The van der Waals surface area contributed by atoms with Gasteiger partial charge in [0.25, 0.3) is 5.91 Å². The van der Waals surface area contributed by atoms with Crippen LogP contribution in [-0.2, 0) is 23.9 Å². The Morgan fingerprint density at radius 2 is 1.85 bits per heavy atom. The first-order valence-corrected chi connectivity index (χ1v) is 8.57. The summed E-state index contributed by atoms with van der Waals surface area (Å²) in [5, 5.41) is 11.7. The second-order valence-corrected chi connectivity index (χ2v) is 7.10. The number of esters is 1. The van der Waals surface area contributed by atoms with Gasteiger partial charge in [0, 0.05) is 0 Å². The quantitative estimate of drug-likeness (QED) is 0.419. The highest BCUT2D eigenvalue weighted by Crippen LogP contribution is 2.34. The monoisotopic (exact) mass is 361 g/mol. The average molecular weight is 361 g/mol. The summed E-state index contributed by atoms with van der Waals surface area (Å²) in [5.74, 6) is -3.16. The number of likely N-dealkylation sites (tertiary alicyclic amines) is 1. The van der Waals surface area contributed by atoms with Gasteiger partial charge in [0.05, 0.1) is 17.9 Å². The standard InChI is InChI=1S/C18H23N3O5/c1-11(2)18(3,10-19)20-14(22)9-26-15(23)8-21-16(24)12-6-4-5-7-13(12)17(21)25/h4-5,11-13H,6-9H2,1-3H3,(H,20,22)/t12-,13-,18+/m0/s1. The molecular formula is C18H23N3O5. The molecule has 140 valence electrons. The number of allylic oxidation sites excluding steroid dienone is 2. The summed E-state index contributed by atoms with van der Waals surface area (Å²) in [4.78, 5) is 49.3. The first-order valence-electron chi connectivity index (χ1n) is 8.57. The normalized spacial score (nSPS) is 24.0. The summed E-state index contributed by atoms with van der Waals surface area (Å²) in [6.07, 6.45) is 4.70. The molecule has 26 heavy (non-hydrogen) atoms. The van der Waals surface area contributed by atoms with Gasteiger partial charge in [-0.15, -0.1) is 0 Å². The van der Waals surface area contributed by atoms with Crippen LogP contribution in [0.1, 0.15) is 33.6 Å². The molecule has 0 saturated carbocycles. The van der Waals surface area contributed by atoms with E-state index in [4.69, 9.17) is 4.74 Å². The van der Waals surface area contributed by atoms with Gasteiger partial charge in [-0.3, -0.25) is 24.1 Å². The van der Waals surface area contributed by atoms with Crippen molar-refractivity contribution < 1.29 is 23.9 Å². The lowest BCUT2D eigenvalue weighted by Crippen LogP contribution is -2.50. The molecule has 3 amide bonds. The number of hydrogen-bond donors (Lipinski definition) is 1. The van der Waals surface area contributed by atoms with Crippen molar-refractivity contribution >= 4 is 23.7 Å². The number of carbonyl (C=O) groups excluding carboxylic acids is 4. The molecule has 0 bridgehead atoms. The third-order valence-corrected chi connectivity index (χ3v) is 5.04. The van der Waals surface area contributed by atoms with Crippen molar-refractivity contribution in [3.63, 3.8) is 0 Å². The number of hydrogen-bond acceptors (Lipinski definition) is 6. The lowest BCUT2D eigenvalue weighted by Gasteiger charge is -2.27. The molecule has 0 aromatic carbocycles. The van der Waals surface area contributed by atoms with Crippen molar-refractivity contribution in [2.45, 2.75) is 39.2 Å². The van der Waals surface area contributed by atoms with Gasteiger partial charge in [-0.1, -0.05) is 26.0 Å². The zero-order valence-corrected chi connectivity index (χ0v) is 15.2. The molecule has 3 atom stereocenters. The van der Waals surface area contributed by atoms with E-state index in [2.05, 4.69) is 5.32 Å². The van der Waals surface area contributed by atoms with Gasteiger partial charge in [0.1, 0.15) is 12.1 Å². The van der Waals surface area contributed by atoms with Crippen LogP contribution in [0, 0.1) is 29.1 Å². The van der Waals surface area contributed by atoms with E-state index >= 15 is 0 Å². The van der Waals surface area contributed by atoms with Crippen molar-refractivity contribution in [3.05, 3.63) is 12.2 Å². The van der Waals surface area contributed by atoms with E-state index in [0.717, 1.165) is 4.90 Å². The van der Waals surface area contributed by atoms with Crippen molar-refractivity contribution in [1.29, 1.82) is 5.26 Å². The molecule has 1 fully saturated rings. The zero-order chi connectivity index (χ0) is 19.5. The lowest BCUT2D eigenvalue weighted by molar-refractivity contribution is -0.155. The molecule has 0 unspecified atom stereocenters. The highest BCUT2D eigenvalue weighted by Gasteiger charge is 2.47. The molecule has 8 nitrogen and oxygen atoms in total. The van der Waals surface area contributed by atoms with Crippen molar-refractivity contribution in [2.24, 2.45) is 17.8 Å². The number of ether oxygens (including phenoxy) is 1. The van der Waals surface area contributed by atoms with Gasteiger partial charge in [-0.25, -0.2) is 0 Å². The van der Waals surface area contributed by atoms with Gasteiger partial charge in [-0.05, 0) is 25.7 Å². The van der Waals surface area contributed by atoms with Crippen LogP contribution in [-0.4, -0.2) is 47.3 Å². The SMILES string of the molecule is CC(C)[C@@](C)(C#N)NC(=O)COC(=O)CN1C(=O)[C@H]2CC=CC[C@@H]2C1=O. The van der Waals surface area contributed by atoms with Crippen LogP contribution in [0.15, 0.2) is 12.2 Å².